The highest BCUT2D eigenvalue weighted by Gasteiger charge is 2.10. The van der Waals surface area contributed by atoms with Gasteiger partial charge in [-0.05, 0) is 19.1 Å². The number of halogens is 1. The summed E-state index contributed by atoms with van der Waals surface area (Å²) in [7, 11) is 0. The van der Waals surface area contributed by atoms with Crippen LogP contribution in [0.4, 0.5) is 11.4 Å². The summed E-state index contributed by atoms with van der Waals surface area (Å²) in [6, 6.07) is 5.54. The van der Waals surface area contributed by atoms with Crippen molar-refractivity contribution >= 4 is 28.9 Å². The molecule has 80 valence electrons. The number of hydrogen-bond donors (Lipinski definition) is 1. The Bertz CT molecular complexity index is 375. The number of anilines is 1. The Hall–Kier alpha value is -1.62. The van der Waals surface area contributed by atoms with E-state index < -0.39 is 10.3 Å². The number of nitrogens with one attached hydrogen (secondary N) is 1. The molecule has 0 fully saturated rings. The van der Waals surface area contributed by atoms with Crippen LogP contribution >= 0.6 is 11.6 Å². The fourth-order valence-electron chi connectivity index (χ4n) is 0.908. The lowest BCUT2D eigenvalue weighted by atomic mass is 10.3. The predicted molar refractivity (Wildman–Crippen MR) is 57.0 cm³/mol. The first-order chi connectivity index (χ1) is 7.00. The van der Waals surface area contributed by atoms with Crippen LogP contribution < -0.4 is 5.32 Å². The number of carbonyl (C=O) groups is 1. The van der Waals surface area contributed by atoms with Gasteiger partial charge in [0.15, 0.2) is 0 Å². The summed E-state index contributed by atoms with van der Waals surface area (Å²) in [5.41, 5.74) is 0.463. The van der Waals surface area contributed by atoms with E-state index in [1.165, 1.54) is 24.3 Å². The highest BCUT2D eigenvalue weighted by atomic mass is 35.5. The highest BCUT2D eigenvalue weighted by Crippen LogP contribution is 2.15. The fourth-order valence-corrected chi connectivity index (χ4v) is 0.963. The molecule has 0 aliphatic carbocycles. The molecule has 0 aliphatic heterocycles. The molecule has 0 aromatic heterocycles. The maximum atomic E-state index is 11.2. The lowest BCUT2D eigenvalue weighted by Crippen LogP contribution is -2.20. The van der Waals surface area contributed by atoms with Crippen LogP contribution in [-0.2, 0) is 4.79 Å². The normalized spacial score (nSPS) is 11.9. The van der Waals surface area contributed by atoms with Gasteiger partial charge in [-0.15, -0.1) is 11.6 Å². The number of rotatable bonds is 3. The molecule has 1 aromatic rings. The zero-order valence-electron chi connectivity index (χ0n) is 7.94. The first-order valence-corrected chi connectivity index (χ1v) is 4.63. The van der Waals surface area contributed by atoms with Gasteiger partial charge in [0, 0.05) is 17.8 Å². The molecule has 0 saturated heterocycles. The Morgan fingerprint density at radius 3 is 2.40 bits per heavy atom. The predicted octanol–water partition coefficient (Wildman–Crippen LogP) is 2.16. The minimum absolute atomic E-state index is 0.0214. The van der Waals surface area contributed by atoms with Crippen molar-refractivity contribution in [2.24, 2.45) is 0 Å². The number of nitro benzene ring substituents is 1. The van der Waals surface area contributed by atoms with Gasteiger partial charge in [0.2, 0.25) is 5.91 Å². The number of amides is 1. The van der Waals surface area contributed by atoms with E-state index in [1.54, 1.807) is 6.92 Å². The first kappa shape index (κ1) is 11.5. The minimum atomic E-state index is -0.639. The molecular weight excluding hydrogens is 220 g/mol. The topological polar surface area (TPSA) is 72.2 Å². The highest BCUT2D eigenvalue weighted by molar-refractivity contribution is 6.32. The van der Waals surface area contributed by atoms with E-state index in [-0.39, 0.29) is 11.6 Å². The van der Waals surface area contributed by atoms with Crippen molar-refractivity contribution in [1.29, 1.82) is 0 Å². The molecule has 0 spiro atoms. The molecule has 0 aliphatic rings. The van der Waals surface area contributed by atoms with Gasteiger partial charge in [0.25, 0.3) is 5.69 Å². The number of alkyl halides is 1. The first-order valence-electron chi connectivity index (χ1n) is 4.20. The van der Waals surface area contributed by atoms with Crippen LogP contribution in [0.15, 0.2) is 24.3 Å². The van der Waals surface area contributed by atoms with Gasteiger partial charge >= 0.3 is 0 Å². The SMILES string of the molecule is C[C@H](Cl)C(=O)Nc1ccc([N+](=O)[O-])cc1. The van der Waals surface area contributed by atoms with Crippen LogP contribution in [0.1, 0.15) is 6.92 Å². The molecule has 0 radical (unpaired) electrons. The molecular formula is C9H9ClN2O3. The summed E-state index contributed by atoms with van der Waals surface area (Å²) in [6.45, 7) is 1.54. The smallest absolute Gasteiger partial charge is 0.269 e. The Balaban J connectivity index is 2.73. The van der Waals surface area contributed by atoms with Gasteiger partial charge in [-0.1, -0.05) is 0 Å². The molecule has 0 unspecified atom stereocenters. The Morgan fingerprint density at radius 2 is 2.00 bits per heavy atom. The second-order valence-electron chi connectivity index (χ2n) is 2.91. The molecule has 1 amide bonds. The van der Waals surface area contributed by atoms with Crippen LogP contribution in [0, 0.1) is 10.1 Å². The van der Waals surface area contributed by atoms with E-state index in [1.807, 2.05) is 0 Å². The van der Waals surface area contributed by atoms with Gasteiger partial charge in [0.1, 0.15) is 5.38 Å². The lowest BCUT2D eigenvalue weighted by Gasteiger charge is -2.05. The average Bonchev–Trinajstić information content (AvgIpc) is 2.18. The van der Waals surface area contributed by atoms with Gasteiger partial charge in [0.05, 0.1) is 4.92 Å². The van der Waals surface area contributed by atoms with Crippen LogP contribution in [0.5, 0.6) is 0 Å². The quantitative estimate of drug-likeness (QED) is 0.490. The van der Waals surface area contributed by atoms with E-state index >= 15 is 0 Å². The molecule has 5 nitrogen and oxygen atoms in total. The van der Waals surface area contributed by atoms with Crippen LogP contribution in [-0.4, -0.2) is 16.2 Å². The molecule has 0 heterocycles. The summed E-state index contributed by atoms with van der Waals surface area (Å²) in [5.74, 6) is -0.342. The van der Waals surface area contributed by atoms with Crippen LogP contribution in [0.3, 0.4) is 0 Å². The summed E-state index contributed by atoms with van der Waals surface area (Å²) in [5, 5.41) is 12.2. The number of nitro groups is 1. The van der Waals surface area contributed by atoms with Gasteiger partial charge in [-0.3, -0.25) is 14.9 Å². The maximum absolute atomic E-state index is 11.2. The third-order valence-electron chi connectivity index (χ3n) is 1.71. The molecule has 1 aromatic carbocycles. The average molecular weight is 229 g/mol. The molecule has 0 saturated carbocycles. The summed E-state index contributed by atoms with van der Waals surface area (Å²) in [6.07, 6.45) is 0. The number of hydrogen-bond acceptors (Lipinski definition) is 3. The van der Waals surface area contributed by atoms with Crippen molar-refractivity contribution in [3.05, 3.63) is 34.4 Å². The Kier molecular flexibility index (Phi) is 3.62. The Morgan fingerprint density at radius 1 is 1.47 bits per heavy atom. The second-order valence-corrected chi connectivity index (χ2v) is 3.56. The monoisotopic (exact) mass is 228 g/mol. The van der Waals surface area contributed by atoms with Gasteiger partial charge in [-0.25, -0.2) is 0 Å². The molecule has 0 bridgehead atoms. The van der Waals surface area contributed by atoms with E-state index in [4.69, 9.17) is 11.6 Å². The van der Waals surface area contributed by atoms with E-state index in [0.29, 0.717) is 5.69 Å². The molecule has 6 heteroatoms. The number of benzene rings is 1. The standard InChI is InChI=1S/C9H9ClN2O3/c1-6(10)9(13)11-7-2-4-8(5-3-7)12(14)15/h2-6H,1H3,(H,11,13)/t6-/m0/s1. The number of nitrogens with zero attached hydrogens (tertiary/aromatic N) is 1. The molecule has 15 heavy (non-hydrogen) atoms. The second kappa shape index (κ2) is 4.75. The number of carbonyl (C=O) groups excluding carboxylic acids is 1. The number of non-ortho nitro benzene ring substituents is 1. The molecule has 1 atom stereocenters. The van der Waals surface area contributed by atoms with Crippen molar-refractivity contribution < 1.29 is 9.72 Å². The zero-order valence-corrected chi connectivity index (χ0v) is 8.69. The maximum Gasteiger partial charge on any atom is 0.269 e. The third kappa shape index (κ3) is 3.21. The fraction of sp³-hybridized carbons (Fsp3) is 0.222. The Labute approximate surface area is 91.2 Å². The van der Waals surface area contributed by atoms with Crippen molar-refractivity contribution in [3.63, 3.8) is 0 Å². The largest absolute Gasteiger partial charge is 0.325 e. The van der Waals surface area contributed by atoms with Crippen LogP contribution in [0.25, 0.3) is 0 Å². The van der Waals surface area contributed by atoms with Gasteiger partial charge in [-0.2, -0.15) is 0 Å². The van der Waals surface area contributed by atoms with Crippen molar-refractivity contribution in [2.75, 3.05) is 5.32 Å². The van der Waals surface area contributed by atoms with E-state index in [0.717, 1.165) is 0 Å². The molecule has 1 rings (SSSR count). The summed E-state index contributed by atoms with van der Waals surface area (Å²) < 4.78 is 0. The summed E-state index contributed by atoms with van der Waals surface area (Å²) >= 11 is 5.54. The minimum Gasteiger partial charge on any atom is -0.325 e. The lowest BCUT2D eigenvalue weighted by molar-refractivity contribution is -0.384. The van der Waals surface area contributed by atoms with Gasteiger partial charge < -0.3 is 5.32 Å². The van der Waals surface area contributed by atoms with E-state index in [2.05, 4.69) is 5.32 Å². The van der Waals surface area contributed by atoms with Crippen molar-refractivity contribution in [3.8, 4) is 0 Å². The van der Waals surface area contributed by atoms with Crippen LogP contribution in [0.2, 0.25) is 0 Å². The third-order valence-corrected chi connectivity index (χ3v) is 1.91. The summed E-state index contributed by atoms with van der Waals surface area (Å²) in [4.78, 5) is 21.0. The van der Waals surface area contributed by atoms with E-state index in [9.17, 15) is 14.9 Å². The van der Waals surface area contributed by atoms with Crippen molar-refractivity contribution in [2.45, 2.75) is 12.3 Å². The zero-order chi connectivity index (χ0) is 11.4. The molecule has 1 N–H and O–H groups in total. The van der Waals surface area contributed by atoms with Crippen molar-refractivity contribution in [1.82, 2.24) is 0 Å².